The van der Waals surface area contributed by atoms with E-state index in [0.29, 0.717) is 23.4 Å². The van der Waals surface area contributed by atoms with E-state index in [4.69, 9.17) is 19.4 Å². The van der Waals surface area contributed by atoms with Gasteiger partial charge in [0.25, 0.3) is 0 Å². The van der Waals surface area contributed by atoms with Crippen LogP contribution in [0.25, 0.3) is 94.2 Å². The Morgan fingerprint density at radius 2 is 1.35 bits per heavy atom. The molecule has 0 bridgehead atoms. The van der Waals surface area contributed by atoms with Crippen LogP contribution in [0.15, 0.2) is 138 Å². The highest BCUT2D eigenvalue weighted by Crippen LogP contribution is 2.46. The Kier molecular flexibility index (Phi) is 6.36. The third kappa shape index (κ3) is 4.54. The van der Waals surface area contributed by atoms with E-state index < -0.39 is 0 Å². The summed E-state index contributed by atoms with van der Waals surface area (Å²) in [4.78, 5) is 17.0. The maximum Gasteiger partial charge on any atom is 0.164 e. The average molecular weight is 648 g/mol. The normalized spacial score (nSPS) is 14.3. The molecule has 6 aromatic carbocycles. The fraction of sp³-hybridized carbons (Fsp3) is 0.0682. The van der Waals surface area contributed by atoms with Gasteiger partial charge in [0.15, 0.2) is 17.5 Å². The monoisotopic (exact) mass is 647 g/mol. The molecule has 1 atom stereocenters. The van der Waals surface area contributed by atoms with Crippen LogP contribution in [0.3, 0.4) is 0 Å². The van der Waals surface area contributed by atoms with Crippen LogP contribution in [-0.4, -0.2) is 15.0 Å². The molecule has 4 nitrogen and oxygen atoms in total. The zero-order chi connectivity index (χ0) is 32.5. The van der Waals surface area contributed by atoms with E-state index in [9.17, 15) is 0 Å². The summed E-state index contributed by atoms with van der Waals surface area (Å²) in [7, 11) is 0. The van der Waals surface area contributed by atoms with Gasteiger partial charge in [-0.1, -0.05) is 110 Å². The molecule has 1 aliphatic carbocycles. The Labute approximate surface area is 287 Å². The van der Waals surface area contributed by atoms with Gasteiger partial charge in [-0.05, 0) is 70.6 Å². The lowest BCUT2D eigenvalue weighted by atomic mass is 9.89. The Bertz CT molecular complexity index is 2770. The minimum Gasteiger partial charge on any atom is -0.455 e. The van der Waals surface area contributed by atoms with Crippen molar-refractivity contribution in [2.75, 3.05) is 0 Å². The highest BCUT2D eigenvalue weighted by atomic mass is 32.1. The summed E-state index contributed by atoms with van der Waals surface area (Å²) in [5.74, 6) is 2.37. The molecule has 0 aliphatic heterocycles. The summed E-state index contributed by atoms with van der Waals surface area (Å²) in [5, 5.41) is 5.69. The third-order valence-electron chi connectivity index (χ3n) is 9.77. The van der Waals surface area contributed by atoms with Crippen molar-refractivity contribution in [2.24, 2.45) is 0 Å². The second-order valence-electron chi connectivity index (χ2n) is 12.8. The highest BCUT2D eigenvalue weighted by Gasteiger charge is 2.25. The maximum atomic E-state index is 6.69. The van der Waals surface area contributed by atoms with Gasteiger partial charge in [0, 0.05) is 48.0 Å². The molecule has 0 spiro atoms. The van der Waals surface area contributed by atoms with Crippen LogP contribution in [0.2, 0.25) is 0 Å². The molecule has 49 heavy (non-hydrogen) atoms. The number of nitrogens with zero attached hydrogens (tertiary/aromatic N) is 3. The number of hydrogen-bond acceptors (Lipinski definition) is 5. The van der Waals surface area contributed by atoms with Crippen LogP contribution in [0.4, 0.5) is 0 Å². The van der Waals surface area contributed by atoms with Crippen molar-refractivity contribution in [2.45, 2.75) is 19.3 Å². The van der Waals surface area contributed by atoms with Crippen molar-refractivity contribution < 1.29 is 4.42 Å². The van der Waals surface area contributed by atoms with Gasteiger partial charge < -0.3 is 4.42 Å². The van der Waals surface area contributed by atoms with Crippen LogP contribution in [-0.2, 0) is 0 Å². The van der Waals surface area contributed by atoms with Crippen molar-refractivity contribution >= 4 is 60.2 Å². The number of allylic oxidation sites excluding steroid dienone is 1. The maximum absolute atomic E-state index is 6.69. The van der Waals surface area contributed by atoms with Crippen LogP contribution >= 0.6 is 11.3 Å². The Hall–Kier alpha value is -5.91. The molecule has 1 aliphatic rings. The first-order valence-corrected chi connectivity index (χ1v) is 17.5. The molecule has 232 valence electrons. The quantitative estimate of drug-likeness (QED) is 0.191. The minimum absolute atomic E-state index is 0.421. The molecule has 0 fully saturated rings. The third-order valence-corrected chi connectivity index (χ3v) is 10.9. The van der Waals surface area contributed by atoms with Gasteiger partial charge in [-0.2, -0.15) is 0 Å². The SMILES string of the molecule is CC1CC=Cc2sc3cccc(-c4nc(-c5ccccc5)nc(-c5ccc(-c6ccc7ccccc7c6)c6oc7ccccc7c56)n4)c3c21. The molecule has 1 unspecified atom stereocenters. The van der Waals surface area contributed by atoms with E-state index >= 15 is 0 Å². The first-order valence-electron chi connectivity index (χ1n) is 16.7. The number of furan rings is 1. The number of hydrogen-bond donors (Lipinski definition) is 0. The fourth-order valence-corrected chi connectivity index (χ4v) is 8.70. The molecular weight excluding hydrogens is 619 g/mol. The molecular formula is C44H29N3OS. The Morgan fingerprint density at radius 1 is 0.612 bits per heavy atom. The highest BCUT2D eigenvalue weighted by molar-refractivity contribution is 7.20. The largest absolute Gasteiger partial charge is 0.455 e. The molecule has 3 heterocycles. The summed E-state index contributed by atoms with van der Waals surface area (Å²) in [6.07, 6.45) is 5.59. The lowest BCUT2D eigenvalue weighted by Gasteiger charge is -2.16. The van der Waals surface area contributed by atoms with Crippen LogP contribution in [0, 0.1) is 0 Å². The van der Waals surface area contributed by atoms with Gasteiger partial charge in [0.05, 0.1) is 0 Å². The molecule has 9 aromatic rings. The van der Waals surface area contributed by atoms with Gasteiger partial charge in [-0.3, -0.25) is 0 Å². The zero-order valence-corrected chi connectivity index (χ0v) is 27.5. The predicted molar refractivity (Wildman–Crippen MR) is 204 cm³/mol. The van der Waals surface area contributed by atoms with Gasteiger partial charge >= 0.3 is 0 Å². The molecule has 0 N–H and O–H groups in total. The van der Waals surface area contributed by atoms with E-state index in [1.807, 2.05) is 41.7 Å². The molecule has 5 heteroatoms. The van der Waals surface area contributed by atoms with Crippen LogP contribution in [0.1, 0.15) is 29.7 Å². The number of aromatic nitrogens is 3. The van der Waals surface area contributed by atoms with Crippen LogP contribution in [0.5, 0.6) is 0 Å². The molecule has 3 aromatic heterocycles. The van der Waals surface area contributed by atoms with E-state index in [0.717, 1.165) is 56.2 Å². The Morgan fingerprint density at radius 3 is 2.22 bits per heavy atom. The van der Waals surface area contributed by atoms with Gasteiger partial charge in [-0.25, -0.2) is 15.0 Å². The van der Waals surface area contributed by atoms with E-state index in [1.165, 1.54) is 31.3 Å². The summed E-state index contributed by atoms with van der Waals surface area (Å²) in [5.41, 5.74) is 8.10. The van der Waals surface area contributed by atoms with Crippen LogP contribution < -0.4 is 0 Å². The van der Waals surface area contributed by atoms with Gasteiger partial charge in [-0.15, -0.1) is 11.3 Å². The number of para-hydroxylation sites is 1. The molecule has 0 amide bonds. The van der Waals surface area contributed by atoms with E-state index in [-0.39, 0.29) is 0 Å². The van der Waals surface area contributed by atoms with Crippen molar-refractivity contribution in [1.82, 2.24) is 15.0 Å². The van der Waals surface area contributed by atoms with E-state index in [1.54, 1.807) is 0 Å². The number of fused-ring (bicyclic) bond motifs is 7. The van der Waals surface area contributed by atoms with E-state index in [2.05, 4.69) is 116 Å². The summed E-state index contributed by atoms with van der Waals surface area (Å²) in [6.45, 7) is 2.32. The molecule has 10 rings (SSSR count). The van der Waals surface area contributed by atoms with Gasteiger partial charge in [0.1, 0.15) is 11.2 Å². The smallest absolute Gasteiger partial charge is 0.164 e. The second-order valence-corrected chi connectivity index (χ2v) is 13.9. The van der Waals surface area contributed by atoms with Crippen molar-refractivity contribution in [3.8, 4) is 45.3 Å². The fourth-order valence-electron chi connectivity index (χ4n) is 7.42. The van der Waals surface area contributed by atoms with Crippen molar-refractivity contribution in [3.05, 3.63) is 144 Å². The summed E-state index contributed by atoms with van der Waals surface area (Å²) >= 11 is 1.85. The first kappa shape index (κ1) is 28.1. The molecule has 0 radical (unpaired) electrons. The molecule has 0 saturated heterocycles. The summed E-state index contributed by atoms with van der Waals surface area (Å²) < 4.78 is 7.94. The standard InChI is InChI=1S/C44H29N3OS/c1-26-11-9-19-36-38(26)40-33(17-10-20-37(40)49-36)43-45-42(28-13-3-2-4-14-28)46-44(47-43)34-24-23-31(30-22-21-27-12-5-6-15-29(27)25-30)41-39(34)32-16-7-8-18-35(32)48-41/h2-10,12-26H,11H2,1H3. The first-order chi connectivity index (χ1) is 24.2. The number of rotatable bonds is 4. The average Bonchev–Trinajstić information content (AvgIpc) is 3.74. The lowest BCUT2D eigenvalue weighted by Crippen LogP contribution is -2.02. The minimum atomic E-state index is 0.421. The Balaban J connectivity index is 1.25. The number of benzene rings is 6. The van der Waals surface area contributed by atoms with Crippen molar-refractivity contribution in [1.29, 1.82) is 0 Å². The number of thiophene rings is 1. The second kappa shape index (κ2) is 11.1. The molecule has 0 saturated carbocycles. The van der Waals surface area contributed by atoms with Gasteiger partial charge in [0.2, 0.25) is 0 Å². The van der Waals surface area contributed by atoms with Crippen molar-refractivity contribution in [3.63, 3.8) is 0 Å². The topological polar surface area (TPSA) is 51.8 Å². The summed E-state index contributed by atoms with van der Waals surface area (Å²) in [6, 6.07) is 44.3. The lowest BCUT2D eigenvalue weighted by molar-refractivity contribution is 0.670. The predicted octanol–water partition coefficient (Wildman–Crippen LogP) is 12.3. The zero-order valence-electron chi connectivity index (χ0n) is 26.7.